The maximum atomic E-state index is 10.8. The standard InChI is InChI=1S/C15H21NO3S2/c1-10-12(8-13(17)18)21-14(16-10)20-9-11-4-7-15(19-11)5-2-3-6-15/h11H,2-9H2,1H3,(H,17,18). The molecule has 6 heteroatoms. The first-order chi connectivity index (χ1) is 10.1. The summed E-state index contributed by atoms with van der Waals surface area (Å²) in [7, 11) is 0. The first kappa shape index (κ1) is 15.3. The average molecular weight is 327 g/mol. The number of ether oxygens (including phenoxy) is 1. The zero-order valence-corrected chi connectivity index (χ0v) is 13.9. The lowest BCUT2D eigenvalue weighted by atomic mass is 9.98. The van der Waals surface area contributed by atoms with Gasteiger partial charge in [0.05, 0.1) is 23.8 Å². The largest absolute Gasteiger partial charge is 0.481 e. The van der Waals surface area contributed by atoms with Crippen LogP contribution in [0.1, 0.15) is 49.1 Å². The lowest BCUT2D eigenvalue weighted by molar-refractivity contribution is -0.136. The molecule has 0 bridgehead atoms. The van der Waals surface area contributed by atoms with Gasteiger partial charge in [0.25, 0.3) is 0 Å². The molecule has 1 saturated heterocycles. The third-order valence-corrected chi connectivity index (χ3v) is 6.86. The summed E-state index contributed by atoms with van der Waals surface area (Å²) in [5, 5.41) is 8.87. The van der Waals surface area contributed by atoms with E-state index in [0.29, 0.717) is 6.10 Å². The highest BCUT2D eigenvalue weighted by Gasteiger charge is 2.42. The topological polar surface area (TPSA) is 59.4 Å². The van der Waals surface area contributed by atoms with Crippen LogP contribution in [0.5, 0.6) is 0 Å². The molecule has 0 aromatic carbocycles. The van der Waals surface area contributed by atoms with Crippen LogP contribution in [0.2, 0.25) is 0 Å². The van der Waals surface area contributed by atoms with Crippen molar-refractivity contribution in [3.8, 4) is 0 Å². The Morgan fingerprint density at radius 2 is 2.24 bits per heavy atom. The van der Waals surface area contributed by atoms with Crippen LogP contribution in [-0.2, 0) is 16.0 Å². The number of carboxylic acids is 1. The molecule has 1 aromatic heterocycles. The molecule has 2 fully saturated rings. The van der Waals surface area contributed by atoms with Crippen molar-refractivity contribution < 1.29 is 14.6 Å². The van der Waals surface area contributed by atoms with Crippen LogP contribution >= 0.6 is 23.1 Å². The zero-order chi connectivity index (χ0) is 14.9. The number of aliphatic carboxylic acids is 1. The van der Waals surface area contributed by atoms with E-state index in [1.807, 2.05) is 6.92 Å². The lowest BCUT2D eigenvalue weighted by Crippen LogP contribution is -2.25. The normalized spacial score (nSPS) is 24.0. The zero-order valence-electron chi connectivity index (χ0n) is 12.3. The number of carboxylic acid groups (broad SMARTS) is 1. The van der Waals surface area contributed by atoms with Crippen molar-refractivity contribution in [1.29, 1.82) is 0 Å². The molecule has 0 amide bonds. The average Bonchev–Trinajstić information content (AvgIpc) is 3.12. The molecular formula is C15H21NO3S2. The highest BCUT2D eigenvalue weighted by Crippen LogP contribution is 2.44. The molecule has 1 unspecified atom stereocenters. The van der Waals surface area contributed by atoms with E-state index in [9.17, 15) is 4.79 Å². The van der Waals surface area contributed by atoms with Crippen molar-refractivity contribution in [1.82, 2.24) is 4.98 Å². The molecule has 21 heavy (non-hydrogen) atoms. The number of nitrogens with zero attached hydrogens (tertiary/aromatic N) is 1. The van der Waals surface area contributed by atoms with Gasteiger partial charge in [-0.2, -0.15) is 0 Å². The smallest absolute Gasteiger partial charge is 0.308 e. The van der Waals surface area contributed by atoms with E-state index in [1.54, 1.807) is 11.8 Å². The molecule has 1 aliphatic carbocycles. The second-order valence-corrected chi connectivity index (χ2v) is 8.39. The van der Waals surface area contributed by atoms with E-state index in [-0.39, 0.29) is 12.0 Å². The molecule has 2 heterocycles. The minimum Gasteiger partial charge on any atom is -0.481 e. The van der Waals surface area contributed by atoms with Gasteiger partial charge in [-0.1, -0.05) is 24.6 Å². The van der Waals surface area contributed by atoms with E-state index < -0.39 is 5.97 Å². The van der Waals surface area contributed by atoms with Gasteiger partial charge >= 0.3 is 5.97 Å². The van der Waals surface area contributed by atoms with Crippen molar-refractivity contribution >= 4 is 29.1 Å². The van der Waals surface area contributed by atoms with Crippen molar-refractivity contribution in [2.75, 3.05) is 5.75 Å². The Kier molecular flexibility index (Phi) is 4.57. The Bertz CT molecular complexity index is 523. The summed E-state index contributed by atoms with van der Waals surface area (Å²) >= 11 is 3.22. The molecule has 1 N–H and O–H groups in total. The number of aryl methyl sites for hydroxylation is 1. The molecule has 3 rings (SSSR count). The van der Waals surface area contributed by atoms with E-state index in [2.05, 4.69) is 4.98 Å². The van der Waals surface area contributed by atoms with E-state index in [0.717, 1.165) is 27.1 Å². The summed E-state index contributed by atoms with van der Waals surface area (Å²) in [4.78, 5) is 16.1. The number of rotatable bonds is 5. The number of thiazole rings is 1. The predicted octanol–water partition coefficient (Wildman–Crippen LogP) is 3.66. The third kappa shape index (κ3) is 3.60. The molecule has 1 spiro atoms. The molecule has 116 valence electrons. The predicted molar refractivity (Wildman–Crippen MR) is 84.2 cm³/mol. The van der Waals surface area contributed by atoms with Crippen LogP contribution < -0.4 is 0 Å². The fourth-order valence-electron chi connectivity index (χ4n) is 3.33. The number of carbonyl (C=O) groups is 1. The van der Waals surface area contributed by atoms with Gasteiger partial charge in [-0.15, -0.1) is 11.3 Å². The van der Waals surface area contributed by atoms with E-state index in [1.165, 1.54) is 43.4 Å². The van der Waals surface area contributed by atoms with Crippen molar-refractivity contribution in [2.45, 2.75) is 67.9 Å². The maximum Gasteiger partial charge on any atom is 0.308 e. The number of hydrogen-bond acceptors (Lipinski definition) is 5. The lowest BCUT2D eigenvalue weighted by Gasteiger charge is -2.23. The summed E-state index contributed by atoms with van der Waals surface area (Å²) < 4.78 is 7.27. The van der Waals surface area contributed by atoms with E-state index >= 15 is 0 Å². The molecule has 0 radical (unpaired) electrons. The number of thioether (sulfide) groups is 1. The SMILES string of the molecule is Cc1nc(SCC2CCC3(CCCC3)O2)sc1CC(=O)O. The van der Waals surface area contributed by atoms with Gasteiger partial charge in [0.1, 0.15) is 4.34 Å². The summed E-state index contributed by atoms with van der Waals surface area (Å²) in [5.74, 6) is 0.141. The Morgan fingerprint density at radius 1 is 1.48 bits per heavy atom. The van der Waals surface area contributed by atoms with Crippen LogP contribution in [0.15, 0.2) is 4.34 Å². The first-order valence-corrected chi connectivity index (χ1v) is 9.35. The van der Waals surface area contributed by atoms with Crippen LogP contribution in [0.4, 0.5) is 0 Å². The van der Waals surface area contributed by atoms with Gasteiger partial charge in [0, 0.05) is 10.6 Å². The van der Waals surface area contributed by atoms with E-state index in [4.69, 9.17) is 9.84 Å². The maximum absolute atomic E-state index is 10.8. The summed E-state index contributed by atoms with van der Waals surface area (Å²) in [6.45, 7) is 1.89. The third-order valence-electron chi connectivity index (χ3n) is 4.43. The molecular weight excluding hydrogens is 306 g/mol. The van der Waals surface area contributed by atoms with Gasteiger partial charge in [-0.05, 0) is 32.6 Å². The first-order valence-electron chi connectivity index (χ1n) is 7.55. The van der Waals surface area contributed by atoms with Crippen molar-refractivity contribution in [2.24, 2.45) is 0 Å². The van der Waals surface area contributed by atoms with Gasteiger partial charge < -0.3 is 9.84 Å². The highest BCUT2D eigenvalue weighted by atomic mass is 32.2. The fourth-order valence-corrected chi connectivity index (χ4v) is 5.62. The number of hydrogen-bond donors (Lipinski definition) is 1. The highest BCUT2D eigenvalue weighted by molar-refractivity contribution is 8.01. The second kappa shape index (κ2) is 6.26. The Hall–Kier alpha value is -0.590. The minimum absolute atomic E-state index is 0.0765. The van der Waals surface area contributed by atoms with Crippen LogP contribution in [0.3, 0.4) is 0 Å². The van der Waals surface area contributed by atoms with Crippen molar-refractivity contribution in [3.63, 3.8) is 0 Å². The Labute approximate surface area is 133 Å². The Balaban J connectivity index is 1.52. The summed E-state index contributed by atoms with van der Waals surface area (Å²) in [6, 6.07) is 0. The molecule has 1 aliphatic heterocycles. The van der Waals surface area contributed by atoms with Gasteiger partial charge in [0.15, 0.2) is 0 Å². The molecule has 2 aliphatic rings. The number of aromatic nitrogens is 1. The molecule has 1 saturated carbocycles. The van der Waals surface area contributed by atoms with Crippen LogP contribution in [0.25, 0.3) is 0 Å². The Morgan fingerprint density at radius 3 is 2.95 bits per heavy atom. The van der Waals surface area contributed by atoms with Gasteiger partial charge in [-0.25, -0.2) is 4.98 Å². The quantitative estimate of drug-likeness (QED) is 0.836. The van der Waals surface area contributed by atoms with Gasteiger partial charge in [-0.3, -0.25) is 4.79 Å². The van der Waals surface area contributed by atoms with Gasteiger partial charge in [0.2, 0.25) is 0 Å². The van der Waals surface area contributed by atoms with Crippen LogP contribution in [0, 0.1) is 6.92 Å². The minimum atomic E-state index is -0.791. The summed E-state index contributed by atoms with van der Waals surface area (Å²) in [6.07, 6.45) is 7.85. The monoisotopic (exact) mass is 327 g/mol. The molecule has 1 aromatic rings. The molecule has 4 nitrogen and oxygen atoms in total. The molecule has 1 atom stereocenters. The summed E-state index contributed by atoms with van der Waals surface area (Å²) in [5.41, 5.74) is 1.04. The fraction of sp³-hybridized carbons (Fsp3) is 0.733. The van der Waals surface area contributed by atoms with Crippen LogP contribution in [-0.4, -0.2) is 33.5 Å². The van der Waals surface area contributed by atoms with Crippen molar-refractivity contribution in [3.05, 3.63) is 10.6 Å². The second-order valence-electron chi connectivity index (χ2n) is 6.04.